The topological polar surface area (TPSA) is 61.8 Å². The van der Waals surface area contributed by atoms with Gasteiger partial charge in [0.25, 0.3) is 0 Å². The average Bonchev–Trinajstić information content (AvgIpc) is 2.84. The normalized spacial score (nSPS) is 53.6. The average molecular weight is 356 g/mol. The third kappa shape index (κ3) is 2.40. The summed E-state index contributed by atoms with van der Waals surface area (Å²) in [5.41, 5.74) is 0.0624. The van der Waals surface area contributed by atoms with Gasteiger partial charge in [-0.2, -0.15) is 4.21 Å². The molecule has 0 bridgehead atoms. The summed E-state index contributed by atoms with van der Waals surface area (Å²) in [6.45, 7) is 6.63. The van der Waals surface area contributed by atoms with Crippen LogP contribution >= 0.6 is 0 Å². The van der Waals surface area contributed by atoms with Gasteiger partial charge in [0, 0.05) is 17.8 Å². The molecule has 5 nitrogen and oxygen atoms in total. The summed E-state index contributed by atoms with van der Waals surface area (Å²) in [6.07, 6.45) is 6.52. The first-order valence-corrected chi connectivity index (χ1v) is 10.2. The fourth-order valence-electron chi connectivity index (χ4n) is 6.42. The van der Waals surface area contributed by atoms with Crippen LogP contribution in [-0.2, 0) is 29.3 Å². The molecule has 1 saturated heterocycles. The van der Waals surface area contributed by atoms with Crippen LogP contribution in [0.15, 0.2) is 0 Å². The molecule has 8 unspecified atom stereocenters. The van der Waals surface area contributed by atoms with Crippen molar-refractivity contribution in [2.45, 2.75) is 71.5 Å². The van der Waals surface area contributed by atoms with Gasteiger partial charge in [0.2, 0.25) is 0 Å². The molecule has 3 aliphatic carbocycles. The molecule has 1 heterocycles. The van der Waals surface area contributed by atoms with Gasteiger partial charge in [-0.1, -0.05) is 13.8 Å². The van der Waals surface area contributed by atoms with Crippen molar-refractivity contribution in [3.05, 3.63) is 0 Å². The lowest BCUT2D eigenvalue weighted by molar-refractivity contribution is -0.168. The Balaban J connectivity index is 1.58. The minimum absolute atomic E-state index is 0.0440. The molecule has 0 aromatic heterocycles. The summed E-state index contributed by atoms with van der Waals surface area (Å²) < 4.78 is 28.3. The minimum atomic E-state index is -1.58. The fourth-order valence-corrected chi connectivity index (χ4v) is 7.33. The summed E-state index contributed by atoms with van der Waals surface area (Å²) in [6, 6.07) is 0. The van der Waals surface area contributed by atoms with Gasteiger partial charge in [-0.15, -0.1) is 0 Å². The molecule has 6 heteroatoms. The van der Waals surface area contributed by atoms with E-state index in [0.29, 0.717) is 24.4 Å². The Bertz CT molecular complexity index is 566. The first kappa shape index (κ1) is 17.0. The zero-order valence-electron chi connectivity index (χ0n) is 14.8. The van der Waals surface area contributed by atoms with Crippen molar-refractivity contribution in [1.82, 2.24) is 0 Å². The van der Waals surface area contributed by atoms with Crippen molar-refractivity contribution in [2.75, 3.05) is 6.61 Å². The van der Waals surface area contributed by atoms with E-state index in [1.54, 1.807) is 0 Å². The van der Waals surface area contributed by atoms with Crippen molar-refractivity contribution >= 4 is 17.3 Å². The Morgan fingerprint density at radius 3 is 2.58 bits per heavy atom. The predicted molar refractivity (Wildman–Crippen MR) is 88.9 cm³/mol. The Morgan fingerprint density at radius 2 is 1.83 bits per heavy atom. The number of carbonyl (C=O) groups excluding carboxylic acids is 1. The van der Waals surface area contributed by atoms with Crippen LogP contribution in [0.25, 0.3) is 0 Å². The van der Waals surface area contributed by atoms with Gasteiger partial charge in [-0.05, 0) is 56.3 Å². The summed E-state index contributed by atoms with van der Waals surface area (Å²) in [7, 11) is 0. The van der Waals surface area contributed by atoms with Crippen LogP contribution in [0.5, 0.6) is 0 Å². The molecule has 0 N–H and O–H groups in total. The summed E-state index contributed by atoms with van der Waals surface area (Å²) in [5.74, 6) is 1.62. The molecule has 0 amide bonds. The molecule has 4 aliphatic rings. The van der Waals surface area contributed by atoms with Crippen LogP contribution in [-0.4, -0.2) is 29.0 Å². The van der Waals surface area contributed by atoms with Crippen LogP contribution in [0.4, 0.5) is 0 Å². The first-order valence-electron chi connectivity index (χ1n) is 9.24. The molecular formula is C18H28O5S. The molecule has 24 heavy (non-hydrogen) atoms. The highest BCUT2D eigenvalue weighted by molar-refractivity contribution is 7.75. The molecule has 0 spiro atoms. The van der Waals surface area contributed by atoms with Gasteiger partial charge >= 0.3 is 17.3 Å². The maximum Gasteiger partial charge on any atom is 0.304 e. The van der Waals surface area contributed by atoms with E-state index in [1.807, 2.05) is 0 Å². The monoisotopic (exact) mass is 356 g/mol. The van der Waals surface area contributed by atoms with Crippen molar-refractivity contribution in [3.63, 3.8) is 0 Å². The van der Waals surface area contributed by atoms with Crippen LogP contribution in [0, 0.1) is 28.6 Å². The summed E-state index contributed by atoms with van der Waals surface area (Å²) in [5, 5.41) is 0. The zero-order chi connectivity index (χ0) is 17.1. The van der Waals surface area contributed by atoms with Crippen LogP contribution in [0.1, 0.15) is 59.3 Å². The maximum atomic E-state index is 11.6. The molecule has 0 radical (unpaired) electrons. The van der Waals surface area contributed by atoms with Crippen molar-refractivity contribution in [3.8, 4) is 0 Å². The third-order valence-corrected chi connectivity index (χ3v) is 8.36. The molecule has 4 fully saturated rings. The summed E-state index contributed by atoms with van der Waals surface area (Å²) in [4.78, 5) is 11.5. The number of fused-ring (bicyclic) bond motifs is 5. The van der Waals surface area contributed by atoms with E-state index in [2.05, 4.69) is 13.8 Å². The second-order valence-corrected chi connectivity index (χ2v) is 9.57. The molecule has 4 rings (SSSR count). The van der Waals surface area contributed by atoms with E-state index in [9.17, 15) is 9.00 Å². The van der Waals surface area contributed by atoms with Crippen LogP contribution in [0.2, 0.25) is 0 Å². The lowest BCUT2D eigenvalue weighted by Gasteiger charge is -2.58. The van der Waals surface area contributed by atoms with Gasteiger partial charge < -0.3 is 4.74 Å². The standard InChI is InChI=1S/C18H28O5S/c1-11(19)22-15-7-5-13-12-4-6-16-18(3,10-21-24(20)23-16)14(12)8-9-17(13,15)2/h12-16H,4-10H2,1-3H3. The Labute approximate surface area is 146 Å². The highest BCUT2D eigenvalue weighted by Gasteiger charge is 2.62. The number of ether oxygens (including phenoxy) is 1. The van der Waals surface area contributed by atoms with Crippen LogP contribution in [0.3, 0.4) is 0 Å². The summed E-state index contributed by atoms with van der Waals surface area (Å²) >= 11 is -1.58. The maximum absolute atomic E-state index is 11.6. The molecule has 8 atom stereocenters. The Kier molecular flexibility index (Phi) is 4.09. The molecular weight excluding hydrogens is 328 g/mol. The lowest BCUT2D eigenvalue weighted by atomic mass is 9.49. The first-order chi connectivity index (χ1) is 11.3. The van der Waals surface area contributed by atoms with Gasteiger partial charge in [-0.3, -0.25) is 13.2 Å². The molecule has 0 aromatic rings. The van der Waals surface area contributed by atoms with E-state index < -0.39 is 11.4 Å². The van der Waals surface area contributed by atoms with Gasteiger partial charge in [0.05, 0.1) is 12.7 Å². The van der Waals surface area contributed by atoms with Gasteiger partial charge in [0.1, 0.15) is 6.10 Å². The predicted octanol–water partition coefficient (Wildman–Crippen LogP) is 3.15. The number of carbonyl (C=O) groups is 1. The van der Waals surface area contributed by atoms with Gasteiger partial charge in [-0.25, -0.2) is 0 Å². The molecule has 0 aromatic carbocycles. The second-order valence-electron chi connectivity index (χ2n) is 8.73. The van der Waals surface area contributed by atoms with E-state index in [-0.39, 0.29) is 29.0 Å². The van der Waals surface area contributed by atoms with E-state index in [1.165, 1.54) is 6.92 Å². The number of rotatable bonds is 1. The zero-order valence-corrected chi connectivity index (χ0v) is 15.6. The van der Waals surface area contributed by atoms with E-state index >= 15 is 0 Å². The number of hydrogen-bond acceptors (Lipinski definition) is 5. The largest absolute Gasteiger partial charge is 0.462 e. The van der Waals surface area contributed by atoms with E-state index in [4.69, 9.17) is 13.1 Å². The quantitative estimate of drug-likeness (QED) is 0.676. The highest BCUT2D eigenvalue weighted by Crippen LogP contribution is 2.64. The SMILES string of the molecule is CC(=O)OC1CCC2C3CCC4OS(=O)OCC4(C)C3CCC12C. The highest BCUT2D eigenvalue weighted by atomic mass is 32.2. The second kappa shape index (κ2) is 5.78. The Hall–Kier alpha value is -0.460. The lowest BCUT2D eigenvalue weighted by Crippen LogP contribution is -2.58. The van der Waals surface area contributed by atoms with E-state index in [0.717, 1.165) is 38.5 Å². The van der Waals surface area contributed by atoms with Crippen molar-refractivity contribution in [1.29, 1.82) is 0 Å². The molecule has 3 saturated carbocycles. The third-order valence-electron chi connectivity index (χ3n) is 7.66. The molecule has 1 aliphatic heterocycles. The van der Waals surface area contributed by atoms with Crippen molar-refractivity contribution < 1.29 is 22.1 Å². The minimum Gasteiger partial charge on any atom is -0.462 e. The van der Waals surface area contributed by atoms with Crippen molar-refractivity contribution in [2.24, 2.45) is 28.6 Å². The molecule has 136 valence electrons. The van der Waals surface area contributed by atoms with Crippen LogP contribution < -0.4 is 0 Å². The number of hydrogen-bond donors (Lipinski definition) is 0. The smallest absolute Gasteiger partial charge is 0.304 e. The number of esters is 1. The Morgan fingerprint density at radius 1 is 1.08 bits per heavy atom. The van der Waals surface area contributed by atoms with Gasteiger partial charge in [0.15, 0.2) is 0 Å². The fraction of sp³-hybridized carbons (Fsp3) is 0.944.